The number of benzene rings is 1. The van der Waals surface area contributed by atoms with Gasteiger partial charge < -0.3 is 9.72 Å². The standard InChI is InChI=1S/C17H18N2O2/c1-3-4-7-21-17(20)15-9-13-12-8-11(2)5-6-14(12)19-16(13)10-18-15/h5-6,8-10,19H,3-4,7H2,1-2H3. The molecule has 2 aromatic heterocycles. The molecular formula is C17H18N2O2. The zero-order valence-corrected chi connectivity index (χ0v) is 12.3. The molecule has 3 rings (SSSR count). The summed E-state index contributed by atoms with van der Waals surface area (Å²) in [7, 11) is 0. The lowest BCUT2D eigenvalue weighted by Crippen LogP contribution is -2.08. The largest absolute Gasteiger partial charge is 0.461 e. The normalized spacial score (nSPS) is 11.1. The van der Waals surface area contributed by atoms with Crippen LogP contribution in [-0.2, 0) is 4.74 Å². The Balaban J connectivity index is 2.00. The molecule has 0 bridgehead atoms. The van der Waals surface area contributed by atoms with Gasteiger partial charge in [-0.3, -0.25) is 0 Å². The zero-order chi connectivity index (χ0) is 14.8. The Morgan fingerprint density at radius 1 is 1.24 bits per heavy atom. The van der Waals surface area contributed by atoms with Gasteiger partial charge in [0.1, 0.15) is 5.69 Å². The summed E-state index contributed by atoms with van der Waals surface area (Å²) in [5, 5.41) is 2.11. The van der Waals surface area contributed by atoms with Gasteiger partial charge in [0, 0.05) is 16.3 Å². The first-order valence-electron chi connectivity index (χ1n) is 7.24. The van der Waals surface area contributed by atoms with Crippen molar-refractivity contribution in [1.82, 2.24) is 9.97 Å². The van der Waals surface area contributed by atoms with Gasteiger partial charge in [-0.1, -0.05) is 25.0 Å². The topological polar surface area (TPSA) is 55.0 Å². The number of esters is 1. The predicted molar refractivity (Wildman–Crippen MR) is 83.5 cm³/mol. The molecule has 0 radical (unpaired) electrons. The quantitative estimate of drug-likeness (QED) is 0.581. The molecule has 0 unspecified atom stereocenters. The van der Waals surface area contributed by atoms with Crippen LogP contribution in [0.2, 0.25) is 0 Å². The van der Waals surface area contributed by atoms with E-state index in [1.165, 1.54) is 5.56 Å². The van der Waals surface area contributed by atoms with Crippen molar-refractivity contribution in [1.29, 1.82) is 0 Å². The molecule has 0 atom stereocenters. The number of carbonyl (C=O) groups is 1. The Labute approximate surface area is 123 Å². The maximum absolute atomic E-state index is 12.0. The molecule has 0 aliphatic rings. The Bertz CT molecular complexity index is 805. The lowest BCUT2D eigenvalue weighted by molar-refractivity contribution is 0.0493. The van der Waals surface area contributed by atoms with E-state index in [1.54, 1.807) is 6.20 Å². The second kappa shape index (κ2) is 5.56. The summed E-state index contributed by atoms with van der Waals surface area (Å²) in [6.45, 7) is 4.56. The van der Waals surface area contributed by atoms with Crippen LogP contribution in [0.3, 0.4) is 0 Å². The molecule has 4 heteroatoms. The van der Waals surface area contributed by atoms with Crippen molar-refractivity contribution in [2.45, 2.75) is 26.7 Å². The van der Waals surface area contributed by atoms with Crippen molar-refractivity contribution in [3.8, 4) is 0 Å². The number of hydrogen-bond donors (Lipinski definition) is 1. The smallest absolute Gasteiger partial charge is 0.356 e. The van der Waals surface area contributed by atoms with Gasteiger partial charge >= 0.3 is 5.97 Å². The molecule has 0 aliphatic heterocycles. The molecule has 1 aromatic carbocycles. The van der Waals surface area contributed by atoms with Crippen LogP contribution >= 0.6 is 0 Å². The second-order valence-electron chi connectivity index (χ2n) is 5.28. The highest BCUT2D eigenvalue weighted by Gasteiger charge is 2.12. The molecule has 1 N–H and O–H groups in total. The van der Waals surface area contributed by atoms with Crippen LogP contribution in [0.4, 0.5) is 0 Å². The van der Waals surface area contributed by atoms with E-state index in [1.807, 2.05) is 12.1 Å². The molecule has 0 saturated heterocycles. The van der Waals surface area contributed by atoms with Crippen LogP contribution in [0.5, 0.6) is 0 Å². The number of pyridine rings is 1. The van der Waals surface area contributed by atoms with Gasteiger partial charge in [-0.05, 0) is 31.5 Å². The van der Waals surface area contributed by atoms with Crippen LogP contribution < -0.4 is 0 Å². The summed E-state index contributed by atoms with van der Waals surface area (Å²) in [5.41, 5.74) is 3.53. The highest BCUT2D eigenvalue weighted by molar-refractivity contribution is 6.08. The molecule has 2 heterocycles. The van der Waals surface area contributed by atoms with Crippen molar-refractivity contribution in [3.63, 3.8) is 0 Å². The monoisotopic (exact) mass is 282 g/mol. The number of nitrogens with zero attached hydrogens (tertiary/aromatic N) is 1. The highest BCUT2D eigenvalue weighted by atomic mass is 16.5. The molecule has 0 fully saturated rings. The minimum atomic E-state index is -0.354. The third-order valence-corrected chi connectivity index (χ3v) is 3.58. The van der Waals surface area contributed by atoms with E-state index >= 15 is 0 Å². The minimum absolute atomic E-state index is 0.354. The van der Waals surface area contributed by atoms with Gasteiger partial charge in [0.2, 0.25) is 0 Å². The maximum atomic E-state index is 12.0. The van der Waals surface area contributed by atoms with Crippen molar-refractivity contribution in [3.05, 3.63) is 41.7 Å². The van der Waals surface area contributed by atoms with Crippen molar-refractivity contribution >= 4 is 27.8 Å². The van der Waals surface area contributed by atoms with E-state index in [0.717, 1.165) is 34.6 Å². The summed E-state index contributed by atoms with van der Waals surface area (Å²) >= 11 is 0. The van der Waals surface area contributed by atoms with E-state index in [9.17, 15) is 4.79 Å². The summed E-state index contributed by atoms with van der Waals surface area (Å²) < 4.78 is 5.22. The Kier molecular flexibility index (Phi) is 3.60. The van der Waals surface area contributed by atoms with E-state index in [2.05, 4.69) is 35.9 Å². The number of fused-ring (bicyclic) bond motifs is 3. The number of H-pyrrole nitrogens is 1. The molecule has 21 heavy (non-hydrogen) atoms. The van der Waals surface area contributed by atoms with Crippen molar-refractivity contribution in [2.24, 2.45) is 0 Å². The molecule has 108 valence electrons. The zero-order valence-electron chi connectivity index (χ0n) is 12.3. The van der Waals surface area contributed by atoms with Gasteiger partial charge in [-0.15, -0.1) is 0 Å². The first-order valence-corrected chi connectivity index (χ1v) is 7.24. The van der Waals surface area contributed by atoms with Crippen LogP contribution in [0, 0.1) is 6.92 Å². The van der Waals surface area contributed by atoms with Crippen LogP contribution in [0.1, 0.15) is 35.8 Å². The van der Waals surface area contributed by atoms with E-state index < -0.39 is 0 Å². The average Bonchev–Trinajstić information content (AvgIpc) is 2.84. The summed E-state index contributed by atoms with van der Waals surface area (Å²) in [4.78, 5) is 19.5. The first kappa shape index (κ1) is 13.6. The SMILES string of the molecule is CCCCOC(=O)c1cc2c(cn1)[nH]c1ccc(C)cc12. The number of carbonyl (C=O) groups excluding carboxylic acids is 1. The summed E-state index contributed by atoms with van der Waals surface area (Å²) in [5.74, 6) is -0.354. The molecule has 0 saturated carbocycles. The molecule has 3 aromatic rings. The van der Waals surface area contributed by atoms with Crippen molar-refractivity contribution < 1.29 is 9.53 Å². The first-order chi connectivity index (χ1) is 10.2. The van der Waals surface area contributed by atoms with Crippen molar-refractivity contribution in [2.75, 3.05) is 6.61 Å². The number of ether oxygens (including phenoxy) is 1. The minimum Gasteiger partial charge on any atom is -0.461 e. The fraction of sp³-hybridized carbons (Fsp3) is 0.294. The van der Waals surface area contributed by atoms with Crippen LogP contribution in [-0.4, -0.2) is 22.5 Å². The van der Waals surface area contributed by atoms with Gasteiger partial charge in [0.15, 0.2) is 0 Å². The third kappa shape index (κ3) is 2.61. The highest BCUT2D eigenvalue weighted by Crippen LogP contribution is 2.26. The number of hydrogen-bond acceptors (Lipinski definition) is 3. The van der Waals surface area contributed by atoms with Gasteiger partial charge in [0.05, 0.1) is 18.3 Å². The molecule has 4 nitrogen and oxygen atoms in total. The molecule has 0 spiro atoms. The fourth-order valence-electron chi connectivity index (χ4n) is 2.41. The molecular weight excluding hydrogens is 264 g/mol. The van der Waals surface area contributed by atoms with Crippen LogP contribution in [0.15, 0.2) is 30.5 Å². The number of unbranched alkanes of at least 4 members (excludes halogenated alkanes) is 1. The Hall–Kier alpha value is -2.36. The van der Waals surface area contributed by atoms with Gasteiger partial charge in [0.25, 0.3) is 0 Å². The summed E-state index contributed by atoms with van der Waals surface area (Å²) in [6.07, 6.45) is 3.57. The Morgan fingerprint density at radius 3 is 2.86 bits per heavy atom. The average molecular weight is 282 g/mol. The lowest BCUT2D eigenvalue weighted by Gasteiger charge is -2.03. The fourth-order valence-corrected chi connectivity index (χ4v) is 2.41. The van der Waals surface area contributed by atoms with Crippen LogP contribution in [0.25, 0.3) is 21.8 Å². The number of aromatic amines is 1. The molecule has 0 amide bonds. The number of aryl methyl sites for hydroxylation is 1. The van der Waals surface area contributed by atoms with E-state index in [4.69, 9.17) is 4.74 Å². The number of nitrogens with one attached hydrogen (secondary N) is 1. The second-order valence-corrected chi connectivity index (χ2v) is 5.28. The summed E-state index contributed by atoms with van der Waals surface area (Å²) in [6, 6.07) is 8.03. The Morgan fingerprint density at radius 2 is 2.05 bits per heavy atom. The van der Waals surface area contributed by atoms with Gasteiger partial charge in [-0.25, -0.2) is 9.78 Å². The van der Waals surface area contributed by atoms with E-state index in [0.29, 0.717) is 12.3 Å². The molecule has 0 aliphatic carbocycles. The third-order valence-electron chi connectivity index (χ3n) is 3.58. The predicted octanol–water partition coefficient (Wildman–Crippen LogP) is 3.98. The van der Waals surface area contributed by atoms with Gasteiger partial charge in [-0.2, -0.15) is 0 Å². The van der Waals surface area contributed by atoms with E-state index in [-0.39, 0.29) is 5.97 Å². The lowest BCUT2D eigenvalue weighted by atomic mass is 10.1. The maximum Gasteiger partial charge on any atom is 0.356 e. The number of aromatic nitrogens is 2. The number of rotatable bonds is 4.